The van der Waals surface area contributed by atoms with Crippen LogP contribution in [0.5, 0.6) is 0 Å². The number of nitrogens with two attached hydrogens (primary N) is 1. The molecule has 0 atom stereocenters. The van der Waals surface area contributed by atoms with Gasteiger partial charge < -0.3 is 15.4 Å². The van der Waals surface area contributed by atoms with Gasteiger partial charge in [0.05, 0.1) is 23.5 Å². The van der Waals surface area contributed by atoms with Gasteiger partial charge in [0.2, 0.25) is 0 Å². The van der Waals surface area contributed by atoms with E-state index in [1.807, 2.05) is 6.07 Å². The average Bonchev–Trinajstić information content (AvgIpc) is 2.83. The Morgan fingerprint density at radius 1 is 1.41 bits per heavy atom. The summed E-state index contributed by atoms with van der Waals surface area (Å²) in [6.45, 7) is 4.21. The summed E-state index contributed by atoms with van der Waals surface area (Å²) >= 11 is 0. The zero-order chi connectivity index (χ0) is 12.3. The van der Waals surface area contributed by atoms with Crippen LogP contribution in [0.2, 0.25) is 0 Å². The highest BCUT2D eigenvalue weighted by Gasteiger charge is 2.17. The standard InChI is InChI=1S/C13H18N2O2/c1-2-17-13(16)10-5-6-11(14)12(9-10)15-7-3-4-8-15/h5-6,9H,2-4,7-8,14H2,1H3. The summed E-state index contributed by atoms with van der Waals surface area (Å²) in [5, 5.41) is 0. The van der Waals surface area contributed by atoms with Crippen LogP contribution in [0.1, 0.15) is 30.1 Å². The first kappa shape index (κ1) is 11.8. The maximum Gasteiger partial charge on any atom is 0.338 e. The monoisotopic (exact) mass is 234 g/mol. The Labute approximate surface area is 101 Å². The molecule has 1 fully saturated rings. The summed E-state index contributed by atoms with van der Waals surface area (Å²) in [5.41, 5.74) is 8.20. The van der Waals surface area contributed by atoms with Gasteiger partial charge in [-0.3, -0.25) is 0 Å². The van der Waals surface area contributed by atoms with Crippen LogP contribution < -0.4 is 10.6 Å². The van der Waals surface area contributed by atoms with E-state index in [-0.39, 0.29) is 5.97 Å². The van der Waals surface area contributed by atoms with Crippen LogP contribution >= 0.6 is 0 Å². The van der Waals surface area contributed by atoms with Gasteiger partial charge in [0.15, 0.2) is 0 Å². The van der Waals surface area contributed by atoms with Gasteiger partial charge in [-0.15, -0.1) is 0 Å². The molecule has 0 aliphatic carbocycles. The predicted octanol–water partition coefficient (Wildman–Crippen LogP) is 2.05. The smallest absolute Gasteiger partial charge is 0.338 e. The van der Waals surface area contributed by atoms with Crippen molar-refractivity contribution in [1.82, 2.24) is 0 Å². The van der Waals surface area contributed by atoms with Crippen LogP contribution in [-0.4, -0.2) is 25.7 Å². The Bertz CT molecular complexity index is 412. The van der Waals surface area contributed by atoms with Crippen molar-refractivity contribution in [3.63, 3.8) is 0 Å². The Hall–Kier alpha value is -1.71. The van der Waals surface area contributed by atoms with E-state index in [0.717, 1.165) is 24.5 Å². The van der Waals surface area contributed by atoms with Crippen LogP contribution in [0, 0.1) is 0 Å². The molecule has 0 aromatic heterocycles. The molecule has 2 N–H and O–H groups in total. The third kappa shape index (κ3) is 2.52. The molecule has 1 aliphatic rings. The first-order valence-electron chi connectivity index (χ1n) is 6.04. The topological polar surface area (TPSA) is 55.6 Å². The molecule has 0 saturated carbocycles. The number of benzene rings is 1. The lowest BCUT2D eigenvalue weighted by Gasteiger charge is -2.20. The minimum atomic E-state index is -0.284. The van der Waals surface area contributed by atoms with Gasteiger partial charge in [-0.25, -0.2) is 4.79 Å². The molecule has 1 aromatic rings. The van der Waals surface area contributed by atoms with Crippen molar-refractivity contribution >= 4 is 17.3 Å². The number of rotatable bonds is 3. The minimum Gasteiger partial charge on any atom is -0.462 e. The van der Waals surface area contributed by atoms with E-state index < -0.39 is 0 Å². The van der Waals surface area contributed by atoms with Crippen molar-refractivity contribution in [2.45, 2.75) is 19.8 Å². The summed E-state index contributed by atoms with van der Waals surface area (Å²) in [6, 6.07) is 5.32. The van der Waals surface area contributed by atoms with Crippen LogP contribution in [0.15, 0.2) is 18.2 Å². The maximum atomic E-state index is 11.6. The molecule has 4 heteroatoms. The lowest BCUT2D eigenvalue weighted by molar-refractivity contribution is 0.0526. The fraction of sp³-hybridized carbons (Fsp3) is 0.462. The second-order valence-corrected chi connectivity index (χ2v) is 4.19. The van der Waals surface area contributed by atoms with Crippen LogP contribution in [0.4, 0.5) is 11.4 Å². The maximum absolute atomic E-state index is 11.6. The molecule has 17 heavy (non-hydrogen) atoms. The Morgan fingerprint density at radius 3 is 2.76 bits per heavy atom. The van der Waals surface area contributed by atoms with Gasteiger partial charge in [0.1, 0.15) is 0 Å². The highest BCUT2D eigenvalue weighted by molar-refractivity contribution is 5.92. The van der Waals surface area contributed by atoms with E-state index in [0.29, 0.717) is 12.2 Å². The Balaban J connectivity index is 2.25. The van der Waals surface area contributed by atoms with Crippen molar-refractivity contribution < 1.29 is 9.53 Å². The van der Waals surface area contributed by atoms with Crippen molar-refractivity contribution in [3.8, 4) is 0 Å². The zero-order valence-electron chi connectivity index (χ0n) is 10.1. The molecule has 0 amide bonds. The average molecular weight is 234 g/mol. The molecular weight excluding hydrogens is 216 g/mol. The zero-order valence-corrected chi connectivity index (χ0v) is 10.1. The van der Waals surface area contributed by atoms with Crippen molar-refractivity contribution in [2.24, 2.45) is 0 Å². The summed E-state index contributed by atoms with van der Waals surface area (Å²) < 4.78 is 4.99. The van der Waals surface area contributed by atoms with Gasteiger partial charge in [0.25, 0.3) is 0 Å². The van der Waals surface area contributed by atoms with Crippen LogP contribution in [-0.2, 0) is 4.74 Å². The lowest BCUT2D eigenvalue weighted by atomic mass is 10.1. The number of anilines is 2. The first-order valence-corrected chi connectivity index (χ1v) is 6.04. The van der Waals surface area contributed by atoms with E-state index in [1.54, 1.807) is 19.1 Å². The first-order chi connectivity index (χ1) is 8.22. The van der Waals surface area contributed by atoms with Crippen LogP contribution in [0.3, 0.4) is 0 Å². The number of ether oxygens (including phenoxy) is 1. The molecule has 0 bridgehead atoms. The normalized spacial score (nSPS) is 15.0. The van der Waals surface area contributed by atoms with Crippen molar-refractivity contribution in [2.75, 3.05) is 30.3 Å². The fourth-order valence-corrected chi connectivity index (χ4v) is 2.12. The fourth-order valence-electron chi connectivity index (χ4n) is 2.12. The highest BCUT2D eigenvalue weighted by atomic mass is 16.5. The summed E-state index contributed by atoms with van der Waals surface area (Å²) in [6.07, 6.45) is 2.37. The number of nitrogen functional groups attached to an aromatic ring is 1. The minimum absolute atomic E-state index is 0.284. The van der Waals surface area contributed by atoms with Gasteiger partial charge in [-0.2, -0.15) is 0 Å². The number of esters is 1. The Kier molecular flexibility index (Phi) is 3.52. The lowest BCUT2D eigenvalue weighted by Crippen LogP contribution is -2.19. The number of carbonyl (C=O) groups is 1. The molecule has 0 spiro atoms. The van der Waals surface area contributed by atoms with Crippen molar-refractivity contribution in [3.05, 3.63) is 23.8 Å². The Morgan fingerprint density at radius 2 is 2.12 bits per heavy atom. The van der Waals surface area contributed by atoms with E-state index in [1.165, 1.54) is 12.8 Å². The van der Waals surface area contributed by atoms with Gasteiger partial charge in [0, 0.05) is 13.1 Å². The largest absolute Gasteiger partial charge is 0.462 e. The van der Waals surface area contributed by atoms with E-state index >= 15 is 0 Å². The second-order valence-electron chi connectivity index (χ2n) is 4.19. The van der Waals surface area contributed by atoms with Gasteiger partial charge in [-0.1, -0.05) is 0 Å². The summed E-state index contributed by atoms with van der Waals surface area (Å²) in [5.74, 6) is -0.284. The van der Waals surface area contributed by atoms with E-state index in [4.69, 9.17) is 10.5 Å². The van der Waals surface area contributed by atoms with Crippen LogP contribution in [0.25, 0.3) is 0 Å². The predicted molar refractivity (Wildman–Crippen MR) is 68.3 cm³/mol. The molecule has 0 radical (unpaired) electrons. The molecule has 2 rings (SSSR count). The third-order valence-electron chi connectivity index (χ3n) is 2.99. The molecule has 1 heterocycles. The molecule has 92 valence electrons. The molecule has 1 saturated heterocycles. The number of hydrogen-bond acceptors (Lipinski definition) is 4. The number of hydrogen-bond donors (Lipinski definition) is 1. The molecule has 0 unspecified atom stereocenters. The summed E-state index contributed by atoms with van der Waals surface area (Å²) in [4.78, 5) is 13.9. The molecule has 1 aliphatic heterocycles. The van der Waals surface area contributed by atoms with E-state index in [2.05, 4.69) is 4.90 Å². The molecule has 1 aromatic carbocycles. The second kappa shape index (κ2) is 5.08. The van der Waals surface area contributed by atoms with E-state index in [9.17, 15) is 4.79 Å². The van der Waals surface area contributed by atoms with Crippen molar-refractivity contribution in [1.29, 1.82) is 0 Å². The highest BCUT2D eigenvalue weighted by Crippen LogP contribution is 2.28. The number of nitrogens with zero attached hydrogens (tertiary/aromatic N) is 1. The van der Waals surface area contributed by atoms with Gasteiger partial charge >= 0.3 is 5.97 Å². The quantitative estimate of drug-likeness (QED) is 0.642. The summed E-state index contributed by atoms with van der Waals surface area (Å²) in [7, 11) is 0. The molecular formula is C13H18N2O2. The van der Waals surface area contributed by atoms with Gasteiger partial charge in [-0.05, 0) is 38.0 Å². The molecule has 4 nitrogen and oxygen atoms in total. The SMILES string of the molecule is CCOC(=O)c1ccc(N)c(N2CCCC2)c1. The number of carbonyl (C=O) groups excluding carboxylic acids is 1. The third-order valence-corrected chi connectivity index (χ3v) is 2.99.